The summed E-state index contributed by atoms with van der Waals surface area (Å²) >= 11 is 0. The van der Waals surface area contributed by atoms with Crippen LogP contribution in [0.25, 0.3) is 0 Å². The molecule has 384 valence electrons. The summed E-state index contributed by atoms with van der Waals surface area (Å²) in [6.07, 6.45) is 10.4. The third-order valence-corrected chi connectivity index (χ3v) is 14.1. The molecule has 6 rings (SSSR count). The van der Waals surface area contributed by atoms with E-state index in [0.29, 0.717) is 82.1 Å². The normalized spacial score (nSPS) is 17.6. The minimum absolute atomic E-state index is 0.0705. The second kappa shape index (κ2) is 26.1. The lowest BCUT2D eigenvalue weighted by Gasteiger charge is -2.36. The summed E-state index contributed by atoms with van der Waals surface area (Å²) in [5.41, 5.74) is 1.81. The molecule has 0 spiro atoms. The molecule has 3 aromatic carbocycles. The van der Waals surface area contributed by atoms with Crippen molar-refractivity contribution < 1.29 is 52.5 Å². The van der Waals surface area contributed by atoms with Gasteiger partial charge in [0.2, 0.25) is 17.6 Å². The Morgan fingerprint density at radius 2 is 1.55 bits per heavy atom. The maximum absolute atomic E-state index is 14.3. The third-order valence-electron chi connectivity index (χ3n) is 14.1. The Balaban J connectivity index is 0.910. The standard InChI is InChI=1S/C55H73N5O11/c1-6-55(2,3)51(64)53(66)59-30-13-11-18-44(59)46(61)36-40(21-19-38-20-27-47(68-4)48(34-38)69-5)39-16-15-17-43(35-39)71-37-50(63)56-29-12-9-7-8-10-14-33-70-42-24-22-41(23-25-42)58-31-32-60(54(58)67)45-26-28-49(62)57-52(45)65/h15-17,20,22-25,27,34-35,40,44-45H,6-14,18-19,21,26,28-33,36-37H2,1-5H3,(H,56,63)(H,57,62,65)/t40-,44?,45?/m0/s1. The number of anilines is 1. The van der Waals surface area contributed by atoms with Gasteiger partial charge in [-0.05, 0) is 123 Å². The number of imide groups is 1. The van der Waals surface area contributed by atoms with E-state index in [1.165, 1.54) is 9.80 Å². The Morgan fingerprint density at radius 3 is 2.28 bits per heavy atom. The molecular formula is C55H73N5O11. The molecule has 3 heterocycles. The largest absolute Gasteiger partial charge is 0.494 e. The number of rotatable bonds is 27. The molecule has 3 aliphatic rings. The van der Waals surface area contributed by atoms with Crippen LogP contribution in [0.15, 0.2) is 66.7 Å². The van der Waals surface area contributed by atoms with Gasteiger partial charge in [0, 0.05) is 50.1 Å². The summed E-state index contributed by atoms with van der Waals surface area (Å²) in [4.78, 5) is 95.5. The Hall–Kier alpha value is -6.45. The molecule has 3 atom stereocenters. The minimum atomic E-state index is -0.811. The van der Waals surface area contributed by atoms with E-state index in [1.54, 1.807) is 39.0 Å². The number of urea groups is 1. The number of likely N-dealkylation sites (tertiary alicyclic amines) is 1. The molecular weight excluding hydrogens is 907 g/mol. The smallest absolute Gasteiger partial charge is 0.325 e. The first-order chi connectivity index (χ1) is 34.2. The quantitative estimate of drug-likeness (QED) is 0.0432. The number of amides is 6. The first kappa shape index (κ1) is 53.9. The lowest BCUT2D eigenvalue weighted by molar-refractivity contribution is -0.153. The van der Waals surface area contributed by atoms with Crippen molar-refractivity contribution in [2.45, 2.75) is 135 Å². The van der Waals surface area contributed by atoms with Gasteiger partial charge in [0.1, 0.15) is 17.5 Å². The zero-order valence-electron chi connectivity index (χ0n) is 42.3. The van der Waals surface area contributed by atoms with Gasteiger partial charge in [0.15, 0.2) is 23.9 Å². The van der Waals surface area contributed by atoms with Gasteiger partial charge in [-0.3, -0.25) is 39.0 Å². The van der Waals surface area contributed by atoms with Crippen LogP contribution in [0.2, 0.25) is 0 Å². The molecule has 3 aliphatic heterocycles. The monoisotopic (exact) mass is 980 g/mol. The molecule has 3 fully saturated rings. The topological polar surface area (TPSA) is 190 Å². The predicted molar refractivity (Wildman–Crippen MR) is 269 cm³/mol. The lowest BCUT2D eigenvalue weighted by atomic mass is 9.82. The van der Waals surface area contributed by atoms with Crippen LogP contribution in [-0.2, 0) is 35.2 Å². The lowest BCUT2D eigenvalue weighted by Crippen LogP contribution is -2.53. The maximum Gasteiger partial charge on any atom is 0.325 e. The molecule has 3 saturated heterocycles. The minimum Gasteiger partial charge on any atom is -0.494 e. The number of Topliss-reactive ketones (excluding diaryl/α,β-unsaturated/α-hetero) is 2. The molecule has 0 saturated carbocycles. The predicted octanol–water partition coefficient (Wildman–Crippen LogP) is 7.73. The number of methoxy groups -OCH3 is 2. The summed E-state index contributed by atoms with van der Waals surface area (Å²) in [6, 6.07) is 19.1. The average molecular weight is 980 g/mol. The second-order valence-electron chi connectivity index (χ2n) is 19.4. The first-order valence-corrected chi connectivity index (χ1v) is 25.5. The molecule has 6 amide bonds. The van der Waals surface area contributed by atoms with E-state index >= 15 is 0 Å². The summed E-state index contributed by atoms with van der Waals surface area (Å²) < 4.78 is 22.9. The number of unbranched alkanes of at least 4 members (excludes halogenated alkanes) is 5. The second-order valence-corrected chi connectivity index (χ2v) is 19.4. The van der Waals surface area contributed by atoms with E-state index < -0.39 is 35.1 Å². The number of nitrogens with zero attached hydrogens (tertiary/aromatic N) is 3. The fraction of sp³-hybridized carbons (Fsp3) is 0.545. The molecule has 0 bridgehead atoms. The number of carbonyl (C=O) groups excluding carboxylic acids is 7. The van der Waals surface area contributed by atoms with Crippen LogP contribution in [0.5, 0.6) is 23.0 Å². The van der Waals surface area contributed by atoms with Crippen molar-refractivity contribution in [2.24, 2.45) is 5.41 Å². The van der Waals surface area contributed by atoms with Gasteiger partial charge >= 0.3 is 6.03 Å². The van der Waals surface area contributed by atoms with Crippen molar-refractivity contribution in [3.05, 3.63) is 77.9 Å². The summed E-state index contributed by atoms with van der Waals surface area (Å²) in [7, 11) is 3.18. The highest BCUT2D eigenvalue weighted by Gasteiger charge is 2.42. The Bertz CT molecular complexity index is 2330. The Morgan fingerprint density at radius 1 is 0.803 bits per heavy atom. The molecule has 2 unspecified atom stereocenters. The molecule has 0 radical (unpaired) electrons. The Labute approximate surface area is 418 Å². The highest BCUT2D eigenvalue weighted by Crippen LogP contribution is 2.34. The molecule has 2 N–H and O–H groups in total. The average Bonchev–Trinajstić information content (AvgIpc) is 3.76. The molecule has 16 heteroatoms. The Kier molecular flexibility index (Phi) is 19.8. The number of carbonyl (C=O) groups is 7. The first-order valence-electron chi connectivity index (χ1n) is 25.5. The number of ketones is 2. The van der Waals surface area contributed by atoms with Gasteiger partial charge in [-0.1, -0.05) is 64.7 Å². The van der Waals surface area contributed by atoms with Gasteiger partial charge in [0.25, 0.3) is 11.8 Å². The van der Waals surface area contributed by atoms with E-state index in [1.807, 2.05) is 67.6 Å². The zero-order valence-corrected chi connectivity index (χ0v) is 42.3. The highest BCUT2D eigenvalue weighted by atomic mass is 16.5. The van der Waals surface area contributed by atoms with Crippen LogP contribution < -0.4 is 34.5 Å². The van der Waals surface area contributed by atoms with E-state index in [4.69, 9.17) is 18.9 Å². The number of hydrogen-bond acceptors (Lipinski definition) is 11. The van der Waals surface area contributed by atoms with E-state index in [2.05, 4.69) is 10.6 Å². The highest BCUT2D eigenvalue weighted by molar-refractivity contribution is 6.38. The van der Waals surface area contributed by atoms with E-state index in [9.17, 15) is 33.6 Å². The van der Waals surface area contributed by atoms with Crippen LogP contribution >= 0.6 is 0 Å². The van der Waals surface area contributed by atoms with Gasteiger partial charge in [-0.2, -0.15) is 0 Å². The van der Waals surface area contributed by atoms with Crippen molar-refractivity contribution in [1.82, 2.24) is 20.4 Å². The molecule has 0 aromatic heterocycles. The van der Waals surface area contributed by atoms with Gasteiger partial charge in [-0.25, -0.2) is 4.79 Å². The van der Waals surface area contributed by atoms with Crippen LogP contribution in [-0.4, -0.2) is 117 Å². The number of piperidine rings is 2. The fourth-order valence-electron chi connectivity index (χ4n) is 9.43. The zero-order chi connectivity index (χ0) is 50.9. The van der Waals surface area contributed by atoms with Gasteiger partial charge in [0.05, 0.1) is 26.9 Å². The van der Waals surface area contributed by atoms with Gasteiger partial charge < -0.3 is 34.1 Å². The van der Waals surface area contributed by atoms with Crippen molar-refractivity contribution in [1.29, 1.82) is 0 Å². The maximum atomic E-state index is 14.3. The SMILES string of the molecule is CCC(C)(C)C(=O)C(=O)N1CCCCC1C(=O)C[C@H](CCc1ccc(OC)c(OC)c1)c1cccc(OCC(=O)NCCCCCCCCOc2ccc(N3CCN(C4CCC(=O)NC4=O)C3=O)cc2)c1. The number of hydrogen-bond donors (Lipinski definition) is 2. The summed E-state index contributed by atoms with van der Waals surface area (Å²) in [5.74, 6) is 0.193. The van der Waals surface area contributed by atoms with Crippen LogP contribution in [0.4, 0.5) is 10.5 Å². The van der Waals surface area contributed by atoms with E-state index in [-0.39, 0.29) is 49.0 Å². The fourth-order valence-corrected chi connectivity index (χ4v) is 9.43. The third kappa shape index (κ3) is 14.8. The number of benzene rings is 3. The molecule has 0 aliphatic carbocycles. The molecule has 3 aromatic rings. The summed E-state index contributed by atoms with van der Waals surface area (Å²) in [5, 5.41) is 5.29. The van der Waals surface area contributed by atoms with Crippen molar-refractivity contribution in [3.63, 3.8) is 0 Å². The van der Waals surface area contributed by atoms with Crippen molar-refractivity contribution in [3.8, 4) is 23.0 Å². The molecule has 71 heavy (non-hydrogen) atoms. The number of nitrogens with one attached hydrogen (secondary N) is 2. The van der Waals surface area contributed by atoms with E-state index in [0.717, 1.165) is 73.9 Å². The van der Waals surface area contributed by atoms with Crippen molar-refractivity contribution in [2.75, 3.05) is 58.5 Å². The van der Waals surface area contributed by atoms with Crippen LogP contribution in [0.3, 0.4) is 0 Å². The summed E-state index contributed by atoms with van der Waals surface area (Å²) in [6.45, 7) is 7.66. The number of ether oxygens (including phenoxy) is 4. The molecule has 16 nitrogen and oxygen atoms in total. The van der Waals surface area contributed by atoms with Crippen LogP contribution in [0.1, 0.15) is 128 Å². The van der Waals surface area contributed by atoms with Gasteiger partial charge in [-0.15, -0.1) is 0 Å². The number of aryl methyl sites for hydroxylation is 1. The van der Waals surface area contributed by atoms with Crippen molar-refractivity contribution >= 4 is 46.9 Å². The van der Waals surface area contributed by atoms with Crippen LogP contribution in [0, 0.1) is 5.41 Å².